The number of piperidine rings is 1. The van der Waals surface area contributed by atoms with Crippen LogP contribution in [0.25, 0.3) is 0 Å². The Morgan fingerprint density at radius 1 is 0.938 bits per heavy atom. The van der Waals surface area contributed by atoms with Crippen molar-refractivity contribution in [1.29, 1.82) is 0 Å². The molecule has 3 rings (SSSR count). The highest BCUT2D eigenvalue weighted by Crippen LogP contribution is 2.25. The van der Waals surface area contributed by atoms with E-state index in [0.29, 0.717) is 48.0 Å². The van der Waals surface area contributed by atoms with E-state index in [9.17, 15) is 14.4 Å². The van der Waals surface area contributed by atoms with Gasteiger partial charge in [-0.1, -0.05) is 6.07 Å². The van der Waals surface area contributed by atoms with Gasteiger partial charge < -0.3 is 24.4 Å². The Morgan fingerprint density at radius 3 is 2.16 bits per heavy atom. The zero-order valence-corrected chi connectivity index (χ0v) is 18.6. The van der Waals surface area contributed by atoms with Gasteiger partial charge in [0, 0.05) is 43.8 Å². The van der Waals surface area contributed by atoms with Crippen molar-refractivity contribution in [1.82, 2.24) is 10.2 Å². The van der Waals surface area contributed by atoms with Gasteiger partial charge in [-0.05, 0) is 49.1 Å². The van der Waals surface area contributed by atoms with Gasteiger partial charge in [0.25, 0.3) is 11.8 Å². The molecule has 2 aromatic carbocycles. The molecule has 0 aromatic heterocycles. The number of carbonyl (C=O) groups excluding carboxylic acids is 3. The molecule has 1 aliphatic heterocycles. The van der Waals surface area contributed by atoms with Crippen molar-refractivity contribution >= 4 is 17.8 Å². The molecule has 170 valence electrons. The van der Waals surface area contributed by atoms with Crippen molar-refractivity contribution in [3.8, 4) is 17.2 Å². The number of methoxy groups -OCH3 is 2. The Labute approximate surface area is 187 Å². The van der Waals surface area contributed by atoms with Crippen molar-refractivity contribution < 1.29 is 28.6 Å². The van der Waals surface area contributed by atoms with Crippen molar-refractivity contribution in [3.63, 3.8) is 0 Å². The molecule has 0 saturated carbocycles. The van der Waals surface area contributed by atoms with Crippen LogP contribution >= 0.6 is 0 Å². The van der Waals surface area contributed by atoms with Gasteiger partial charge in [-0.2, -0.15) is 0 Å². The van der Waals surface area contributed by atoms with Gasteiger partial charge in [-0.15, -0.1) is 0 Å². The van der Waals surface area contributed by atoms with Crippen LogP contribution in [0.15, 0.2) is 42.5 Å². The third-order valence-corrected chi connectivity index (χ3v) is 5.41. The van der Waals surface area contributed by atoms with E-state index in [1.807, 2.05) is 4.90 Å². The Balaban J connectivity index is 1.51. The molecule has 0 radical (unpaired) electrons. The quantitative estimate of drug-likeness (QED) is 0.526. The van der Waals surface area contributed by atoms with E-state index < -0.39 is 5.97 Å². The lowest BCUT2D eigenvalue weighted by atomic mass is 9.96. The molecule has 0 unspecified atom stereocenters. The molecule has 32 heavy (non-hydrogen) atoms. The number of hydrogen-bond acceptors (Lipinski definition) is 6. The molecular weight excluding hydrogens is 412 g/mol. The lowest BCUT2D eigenvalue weighted by Crippen LogP contribution is -2.41. The van der Waals surface area contributed by atoms with Crippen molar-refractivity contribution in [2.45, 2.75) is 19.8 Å². The van der Waals surface area contributed by atoms with E-state index in [1.165, 1.54) is 6.92 Å². The van der Waals surface area contributed by atoms with Crippen molar-refractivity contribution in [2.75, 3.05) is 33.9 Å². The maximum Gasteiger partial charge on any atom is 0.308 e. The van der Waals surface area contributed by atoms with Crippen LogP contribution < -0.4 is 19.5 Å². The van der Waals surface area contributed by atoms with Crippen molar-refractivity contribution in [3.05, 3.63) is 53.6 Å². The average Bonchev–Trinajstić information content (AvgIpc) is 2.81. The minimum atomic E-state index is -0.434. The summed E-state index contributed by atoms with van der Waals surface area (Å²) in [4.78, 5) is 38.3. The minimum Gasteiger partial charge on any atom is -0.497 e. The first-order valence-corrected chi connectivity index (χ1v) is 10.5. The molecular formula is C24H28N2O6. The fourth-order valence-electron chi connectivity index (χ4n) is 3.66. The summed E-state index contributed by atoms with van der Waals surface area (Å²) in [5.74, 6) is 1.04. The average molecular weight is 440 g/mol. The summed E-state index contributed by atoms with van der Waals surface area (Å²) >= 11 is 0. The number of ether oxygens (including phenoxy) is 3. The molecule has 8 heteroatoms. The van der Waals surface area contributed by atoms with Gasteiger partial charge in [-0.25, -0.2) is 0 Å². The third kappa shape index (κ3) is 6.00. The first kappa shape index (κ1) is 23.1. The highest BCUT2D eigenvalue weighted by atomic mass is 16.5. The second-order valence-electron chi connectivity index (χ2n) is 7.67. The van der Waals surface area contributed by atoms with Crippen LogP contribution in [0.5, 0.6) is 17.2 Å². The van der Waals surface area contributed by atoms with E-state index in [4.69, 9.17) is 14.2 Å². The summed E-state index contributed by atoms with van der Waals surface area (Å²) in [7, 11) is 3.10. The largest absolute Gasteiger partial charge is 0.497 e. The number of rotatable bonds is 7. The van der Waals surface area contributed by atoms with E-state index in [1.54, 1.807) is 56.7 Å². The molecule has 0 aliphatic carbocycles. The standard InChI is InChI=1S/C24H28N2O6/c1-16(27)32-20-6-4-5-18(11-20)23(28)25-15-17-7-9-26(10-8-17)24(29)19-12-21(30-2)14-22(13-19)31-3/h4-6,11-14,17H,7-10,15H2,1-3H3,(H,25,28). The molecule has 1 N–H and O–H groups in total. The Kier molecular flexibility index (Phi) is 7.70. The third-order valence-electron chi connectivity index (χ3n) is 5.41. The molecule has 1 fully saturated rings. The number of hydrogen-bond donors (Lipinski definition) is 1. The van der Waals surface area contributed by atoms with Crippen LogP contribution in [0.3, 0.4) is 0 Å². The number of esters is 1. The topological polar surface area (TPSA) is 94.2 Å². The van der Waals surface area contributed by atoms with Crippen LogP contribution in [-0.2, 0) is 4.79 Å². The zero-order chi connectivity index (χ0) is 23.1. The molecule has 0 bridgehead atoms. The lowest BCUT2D eigenvalue weighted by Gasteiger charge is -2.32. The zero-order valence-electron chi connectivity index (χ0n) is 18.6. The van der Waals surface area contributed by atoms with Crippen LogP contribution in [-0.4, -0.2) is 56.5 Å². The number of nitrogens with one attached hydrogen (secondary N) is 1. The van der Waals surface area contributed by atoms with Crippen LogP contribution in [0.4, 0.5) is 0 Å². The summed E-state index contributed by atoms with van der Waals surface area (Å²) in [6.45, 7) is 3.06. The van der Waals surface area contributed by atoms with E-state index >= 15 is 0 Å². The molecule has 8 nitrogen and oxygen atoms in total. The molecule has 2 aromatic rings. The van der Waals surface area contributed by atoms with Crippen LogP contribution in [0.2, 0.25) is 0 Å². The maximum atomic E-state index is 12.9. The minimum absolute atomic E-state index is 0.0630. The molecule has 0 atom stereocenters. The van der Waals surface area contributed by atoms with Gasteiger partial charge >= 0.3 is 5.97 Å². The smallest absolute Gasteiger partial charge is 0.308 e. The fourth-order valence-corrected chi connectivity index (χ4v) is 3.66. The van der Waals surface area contributed by atoms with E-state index in [0.717, 1.165) is 12.8 Å². The number of amides is 2. The number of nitrogens with zero attached hydrogens (tertiary/aromatic N) is 1. The molecule has 1 heterocycles. The van der Waals surface area contributed by atoms with E-state index in [2.05, 4.69) is 5.32 Å². The second-order valence-corrected chi connectivity index (χ2v) is 7.67. The maximum absolute atomic E-state index is 12.9. The van der Waals surface area contributed by atoms with E-state index in [-0.39, 0.29) is 17.7 Å². The molecule has 1 saturated heterocycles. The predicted molar refractivity (Wildman–Crippen MR) is 118 cm³/mol. The Bertz CT molecular complexity index is 960. The van der Waals surface area contributed by atoms with Gasteiger partial charge in [0.15, 0.2) is 0 Å². The molecule has 0 spiro atoms. The molecule has 2 amide bonds. The fraction of sp³-hybridized carbons (Fsp3) is 0.375. The summed E-state index contributed by atoms with van der Waals surface area (Å²) < 4.78 is 15.5. The van der Waals surface area contributed by atoms with Crippen LogP contribution in [0, 0.1) is 5.92 Å². The lowest BCUT2D eigenvalue weighted by molar-refractivity contribution is -0.131. The number of carbonyl (C=O) groups is 3. The Hall–Kier alpha value is -3.55. The molecule has 1 aliphatic rings. The normalized spacial score (nSPS) is 13.9. The first-order valence-electron chi connectivity index (χ1n) is 10.5. The predicted octanol–water partition coefficient (Wildman–Crippen LogP) is 2.91. The summed E-state index contributed by atoms with van der Waals surface area (Å²) in [6.07, 6.45) is 1.58. The summed E-state index contributed by atoms with van der Waals surface area (Å²) in [6, 6.07) is 11.7. The van der Waals surface area contributed by atoms with Gasteiger partial charge in [0.05, 0.1) is 14.2 Å². The number of likely N-dealkylation sites (tertiary alicyclic amines) is 1. The van der Waals surface area contributed by atoms with Crippen LogP contribution in [0.1, 0.15) is 40.5 Å². The highest BCUT2D eigenvalue weighted by molar-refractivity contribution is 5.95. The van der Waals surface area contributed by atoms with Crippen molar-refractivity contribution in [2.24, 2.45) is 5.92 Å². The summed E-state index contributed by atoms with van der Waals surface area (Å²) in [5, 5.41) is 2.94. The van der Waals surface area contributed by atoms with Gasteiger partial charge in [0.1, 0.15) is 17.2 Å². The second kappa shape index (κ2) is 10.7. The first-order chi connectivity index (χ1) is 15.4. The Morgan fingerprint density at radius 2 is 1.56 bits per heavy atom. The monoisotopic (exact) mass is 440 g/mol. The SMILES string of the molecule is COc1cc(OC)cc(C(=O)N2CCC(CNC(=O)c3cccc(OC(C)=O)c3)CC2)c1. The van der Waals surface area contributed by atoms with Gasteiger partial charge in [0.2, 0.25) is 0 Å². The number of benzene rings is 2. The highest BCUT2D eigenvalue weighted by Gasteiger charge is 2.25. The summed E-state index contributed by atoms with van der Waals surface area (Å²) in [5.41, 5.74) is 0.962. The van der Waals surface area contributed by atoms with Gasteiger partial charge in [-0.3, -0.25) is 14.4 Å².